The van der Waals surface area contributed by atoms with Crippen LogP contribution in [0.4, 0.5) is 0 Å². The van der Waals surface area contributed by atoms with Crippen LogP contribution in [-0.4, -0.2) is 94.8 Å². The number of piperazine rings is 2. The van der Waals surface area contributed by atoms with E-state index in [4.69, 9.17) is 0 Å². The fourth-order valence-corrected chi connectivity index (χ4v) is 4.54. The number of aromatic amines is 1. The molecule has 2 amide bonds. The average Bonchev–Trinajstić information content (AvgIpc) is 3.15. The molecular formula is C23H33N5O2. The van der Waals surface area contributed by atoms with E-state index in [1.165, 1.54) is 10.9 Å². The second-order valence-electron chi connectivity index (χ2n) is 8.78. The highest BCUT2D eigenvalue weighted by Crippen LogP contribution is 2.23. The molecule has 2 fully saturated rings. The van der Waals surface area contributed by atoms with Crippen LogP contribution in [0.1, 0.15) is 36.7 Å². The summed E-state index contributed by atoms with van der Waals surface area (Å²) in [4.78, 5) is 36.5. The maximum atomic E-state index is 13.0. The number of H-pyrrole nitrogens is 1. The van der Waals surface area contributed by atoms with E-state index in [2.05, 4.69) is 40.9 Å². The summed E-state index contributed by atoms with van der Waals surface area (Å²) >= 11 is 0. The average molecular weight is 412 g/mol. The molecule has 0 saturated carbocycles. The highest BCUT2D eigenvalue weighted by Gasteiger charge is 2.24. The van der Waals surface area contributed by atoms with Crippen LogP contribution in [0.2, 0.25) is 0 Å². The summed E-state index contributed by atoms with van der Waals surface area (Å²) in [5, 5.41) is 1.17. The third-order valence-electron chi connectivity index (χ3n) is 6.56. The third kappa shape index (κ3) is 4.37. The maximum Gasteiger partial charge on any atom is 0.254 e. The van der Waals surface area contributed by atoms with Gasteiger partial charge in [-0.05, 0) is 31.5 Å². The third-order valence-corrected chi connectivity index (χ3v) is 6.56. The molecule has 0 radical (unpaired) electrons. The van der Waals surface area contributed by atoms with Crippen LogP contribution >= 0.6 is 0 Å². The molecule has 0 aliphatic carbocycles. The Labute approximate surface area is 178 Å². The van der Waals surface area contributed by atoms with E-state index in [-0.39, 0.29) is 11.8 Å². The Kier molecular flexibility index (Phi) is 6.11. The van der Waals surface area contributed by atoms with Crippen LogP contribution in [0.3, 0.4) is 0 Å². The lowest BCUT2D eigenvalue weighted by Crippen LogP contribution is -2.50. The Morgan fingerprint density at radius 3 is 2.27 bits per heavy atom. The van der Waals surface area contributed by atoms with Crippen molar-refractivity contribution in [2.24, 2.45) is 0 Å². The molecule has 0 bridgehead atoms. The molecule has 162 valence electrons. The van der Waals surface area contributed by atoms with Gasteiger partial charge in [-0.2, -0.15) is 0 Å². The number of aromatic nitrogens is 1. The van der Waals surface area contributed by atoms with Gasteiger partial charge in [-0.1, -0.05) is 6.07 Å². The minimum Gasteiger partial charge on any atom is -0.361 e. The van der Waals surface area contributed by atoms with Gasteiger partial charge in [0, 0.05) is 94.5 Å². The van der Waals surface area contributed by atoms with Crippen molar-refractivity contribution in [2.75, 3.05) is 52.4 Å². The molecule has 0 atom stereocenters. The SMILES string of the molecule is CC(=O)N1CCN(Cc2c[nH]c3cc(C(=O)N4CCN(C(C)C)CC4)ccc23)CC1. The van der Waals surface area contributed by atoms with Crippen LogP contribution in [0.25, 0.3) is 10.9 Å². The zero-order valence-corrected chi connectivity index (χ0v) is 18.4. The van der Waals surface area contributed by atoms with Gasteiger partial charge in [-0.15, -0.1) is 0 Å². The first-order valence-corrected chi connectivity index (χ1v) is 11.0. The predicted octanol–water partition coefficient (Wildman–Crippen LogP) is 2.00. The van der Waals surface area contributed by atoms with Gasteiger partial charge in [0.15, 0.2) is 0 Å². The molecule has 30 heavy (non-hydrogen) atoms. The first kappa shape index (κ1) is 20.9. The number of nitrogens with zero attached hydrogens (tertiary/aromatic N) is 4. The van der Waals surface area contributed by atoms with E-state index in [9.17, 15) is 9.59 Å². The summed E-state index contributed by atoms with van der Waals surface area (Å²) in [5.74, 6) is 0.279. The normalized spacial score (nSPS) is 19.1. The van der Waals surface area contributed by atoms with Crippen molar-refractivity contribution < 1.29 is 9.59 Å². The number of benzene rings is 1. The second kappa shape index (κ2) is 8.78. The maximum absolute atomic E-state index is 13.0. The van der Waals surface area contributed by atoms with E-state index in [0.29, 0.717) is 6.04 Å². The van der Waals surface area contributed by atoms with Gasteiger partial charge >= 0.3 is 0 Å². The van der Waals surface area contributed by atoms with Crippen molar-refractivity contribution >= 4 is 22.7 Å². The monoisotopic (exact) mass is 411 g/mol. The van der Waals surface area contributed by atoms with Crippen LogP contribution in [0.5, 0.6) is 0 Å². The Hall–Kier alpha value is -2.38. The van der Waals surface area contributed by atoms with Gasteiger partial charge in [-0.25, -0.2) is 0 Å². The molecule has 1 aromatic heterocycles. The summed E-state index contributed by atoms with van der Waals surface area (Å²) in [6, 6.07) is 6.56. The van der Waals surface area contributed by atoms with Gasteiger partial charge in [-0.3, -0.25) is 19.4 Å². The van der Waals surface area contributed by atoms with E-state index < -0.39 is 0 Å². The van der Waals surface area contributed by atoms with E-state index in [1.54, 1.807) is 6.92 Å². The molecule has 2 saturated heterocycles. The summed E-state index contributed by atoms with van der Waals surface area (Å²) < 4.78 is 0. The highest BCUT2D eigenvalue weighted by atomic mass is 16.2. The second-order valence-corrected chi connectivity index (χ2v) is 8.78. The van der Waals surface area contributed by atoms with Gasteiger partial charge in [0.2, 0.25) is 5.91 Å². The number of carbonyl (C=O) groups excluding carboxylic acids is 2. The quantitative estimate of drug-likeness (QED) is 0.836. The minimum absolute atomic E-state index is 0.122. The Morgan fingerprint density at radius 1 is 0.967 bits per heavy atom. The number of fused-ring (bicyclic) bond motifs is 1. The predicted molar refractivity (Wildman–Crippen MR) is 118 cm³/mol. The number of rotatable bonds is 4. The van der Waals surface area contributed by atoms with E-state index in [0.717, 1.165) is 70.0 Å². The number of nitrogens with one attached hydrogen (secondary N) is 1. The topological polar surface area (TPSA) is 62.9 Å². The highest BCUT2D eigenvalue weighted by molar-refractivity contribution is 5.98. The molecule has 2 aromatic rings. The molecule has 0 unspecified atom stereocenters. The van der Waals surface area contributed by atoms with Crippen molar-refractivity contribution in [1.82, 2.24) is 24.6 Å². The molecule has 2 aliphatic heterocycles. The lowest BCUT2D eigenvalue weighted by Gasteiger charge is -2.37. The number of hydrogen-bond donors (Lipinski definition) is 1. The van der Waals surface area contributed by atoms with Crippen molar-refractivity contribution in [1.29, 1.82) is 0 Å². The smallest absolute Gasteiger partial charge is 0.254 e. The lowest BCUT2D eigenvalue weighted by atomic mass is 10.1. The fourth-order valence-electron chi connectivity index (χ4n) is 4.54. The van der Waals surface area contributed by atoms with Crippen LogP contribution in [0.15, 0.2) is 24.4 Å². The standard InChI is InChI=1S/C23H33N5O2/c1-17(2)26-10-12-28(13-11-26)23(30)19-4-5-21-20(15-24-22(21)14-19)16-25-6-8-27(9-7-25)18(3)29/h4-5,14-15,17,24H,6-13,16H2,1-3H3. The first-order chi connectivity index (χ1) is 14.4. The number of amides is 2. The molecule has 0 spiro atoms. The van der Waals surface area contributed by atoms with Crippen molar-refractivity contribution in [3.8, 4) is 0 Å². The van der Waals surface area contributed by atoms with Crippen molar-refractivity contribution in [2.45, 2.75) is 33.4 Å². The largest absolute Gasteiger partial charge is 0.361 e. The van der Waals surface area contributed by atoms with E-state index >= 15 is 0 Å². The molecule has 4 rings (SSSR count). The molecule has 7 nitrogen and oxygen atoms in total. The summed E-state index contributed by atoms with van der Waals surface area (Å²) in [6.07, 6.45) is 2.05. The van der Waals surface area contributed by atoms with Crippen molar-refractivity contribution in [3.05, 3.63) is 35.5 Å². The van der Waals surface area contributed by atoms with Gasteiger partial charge < -0.3 is 14.8 Å². The Bertz CT molecular complexity index is 905. The van der Waals surface area contributed by atoms with Gasteiger partial charge in [0.05, 0.1) is 0 Å². The molecule has 1 N–H and O–H groups in total. The summed E-state index contributed by atoms with van der Waals surface area (Å²) in [5.41, 5.74) is 3.01. The van der Waals surface area contributed by atoms with Gasteiger partial charge in [0.1, 0.15) is 0 Å². The summed E-state index contributed by atoms with van der Waals surface area (Å²) in [6.45, 7) is 13.7. The van der Waals surface area contributed by atoms with E-state index in [1.807, 2.05) is 21.9 Å². The molecule has 2 aliphatic rings. The zero-order valence-electron chi connectivity index (χ0n) is 18.4. The first-order valence-electron chi connectivity index (χ1n) is 11.0. The lowest BCUT2D eigenvalue weighted by molar-refractivity contribution is -0.130. The molecule has 7 heteroatoms. The van der Waals surface area contributed by atoms with Crippen LogP contribution in [-0.2, 0) is 11.3 Å². The van der Waals surface area contributed by atoms with Gasteiger partial charge in [0.25, 0.3) is 5.91 Å². The number of hydrogen-bond acceptors (Lipinski definition) is 4. The van der Waals surface area contributed by atoms with Crippen LogP contribution < -0.4 is 0 Å². The van der Waals surface area contributed by atoms with Crippen LogP contribution in [0, 0.1) is 0 Å². The molecule has 1 aromatic carbocycles. The fraction of sp³-hybridized carbons (Fsp3) is 0.565. The minimum atomic E-state index is 0.122. The Balaban J connectivity index is 1.40. The summed E-state index contributed by atoms with van der Waals surface area (Å²) in [7, 11) is 0. The van der Waals surface area contributed by atoms with Crippen molar-refractivity contribution in [3.63, 3.8) is 0 Å². The number of carbonyl (C=O) groups is 2. The zero-order chi connectivity index (χ0) is 21.3. The molecule has 3 heterocycles. The molecular weight excluding hydrogens is 378 g/mol. The Morgan fingerprint density at radius 2 is 1.63 bits per heavy atom.